The summed E-state index contributed by atoms with van der Waals surface area (Å²) in [6.45, 7) is 7.95. The molecule has 2 rings (SSSR count). The van der Waals surface area contributed by atoms with Gasteiger partial charge in [0, 0.05) is 20.1 Å². The van der Waals surface area contributed by atoms with Gasteiger partial charge < -0.3 is 9.47 Å². The van der Waals surface area contributed by atoms with Crippen molar-refractivity contribution in [3.8, 4) is 0 Å². The van der Waals surface area contributed by atoms with Gasteiger partial charge in [-0.25, -0.2) is 14.5 Å². The molecule has 0 fully saturated rings. The van der Waals surface area contributed by atoms with Gasteiger partial charge in [0.15, 0.2) is 11.3 Å². The van der Waals surface area contributed by atoms with Crippen LogP contribution in [0.3, 0.4) is 0 Å². The molecule has 0 aliphatic heterocycles. The van der Waals surface area contributed by atoms with Crippen LogP contribution in [0.1, 0.15) is 10.5 Å². The van der Waals surface area contributed by atoms with Crippen LogP contribution in [0.15, 0.2) is 16.7 Å². The Morgan fingerprint density at radius 1 is 1.41 bits per heavy atom. The maximum atomic E-state index is 11.7. The number of nitrogens with zero attached hydrogens (tertiary/aromatic N) is 3. The van der Waals surface area contributed by atoms with Crippen LogP contribution in [0.25, 0.3) is 11.0 Å². The van der Waals surface area contributed by atoms with E-state index in [1.165, 1.54) is 7.11 Å². The van der Waals surface area contributed by atoms with Crippen molar-refractivity contribution in [1.29, 1.82) is 0 Å². The first-order chi connectivity index (χ1) is 10.3. The number of carbonyl (C=O) groups excluding carboxylic acids is 1. The van der Waals surface area contributed by atoms with Gasteiger partial charge in [0.05, 0.1) is 17.8 Å². The standard InChI is InChI=1S/C14H20BrN3O3Si/c1-20-14(19)12-11(15)7-10-8-16-18(13(10)17-12)9-21-5-6-22(2,3)4/h7-8H,5-6,9H2,1-4H3. The van der Waals surface area contributed by atoms with Gasteiger partial charge in [0.1, 0.15) is 6.73 Å². The van der Waals surface area contributed by atoms with E-state index in [1.54, 1.807) is 16.9 Å². The van der Waals surface area contributed by atoms with E-state index in [0.717, 1.165) is 11.4 Å². The summed E-state index contributed by atoms with van der Waals surface area (Å²) in [4.78, 5) is 16.1. The smallest absolute Gasteiger partial charge is 0.357 e. The normalized spacial score (nSPS) is 11.9. The third-order valence-corrected chi connectivity index (χ3v) is 5.46. The lowest BCUT2D eigenvalue weighted by Gasteiger charge is -2.15. The molecule has 0 saturated carbocycles. The number of pyridine rings is 1. The minimum Gasteiger partial charge on any atom is -0.464 e. The van der Waals surface area contributed by atoms with E-state index in [-0.39, 0.29) is 5.69 Å². The highest BCUT2D eigenvalue weighted by Gasteiger charge is 2.16. The Balaban J connectivity index is 2.16. The van der Waals surface area contributed by atoms with Gasteiger partial charge in [-0.3, -0.25) is 0 Å². The van der Waals surface area contributed by atoms with Crippen LogP contribution in [-0.4, -0.2) is 42.5 Å². The molecule has 0 N–H and O–H groups in total. The van der Waals surface area contributed by atoms with Crippen molar-refractivity contribution in [2.75, 3.05) is 13.7 Å². The molecule has 0 unspecified atom stereocenters. The van der Waals surface area contributed by atoms with Crippen LogP contribution in [0.4, 0.5) is 0 Å². The Bertz CT molecular complexity index is 682. The quantitative estimate of drug-likeness (QED) is 0.433. The summed E-state index contributed by atoms with van der Waals surface area (Å²) in [5, 5.41) is 5.11. The van der Waals surface area contributed by atoms with Crippen molar-refractivity contribution in [2.45, 2.75) is 32.4 Å². The molecule has 2 aromatic rings. The van der Waals surface area contributed by atoms with Gasteiger partial charge >= 0.3 is 5.97 Å². The van der Waals surface area contributed by atoms with Crippen LogP contribution in [-0.2, 0) is 16.2 Å². The van der Waals surface area contributed by atoms with Gasteiger partial charge in [-0.2, -0.15) is 5.10 Å². The second kappa shape index (κ2) is 6.89. The molecule has 0 amide bonds. The number of fused-ring (bicyclic) bond motifs is 1. The van der Waals surface area contributed by atoms with Crippen LogP contribution >= 0.6 is 15.9 Å². The number of carbonyl (C=O) groups is 1. The first-order valence-corrected chi connectivity index (χ1v) is 11.5. The van der Waals surface area contributed by atoms with Crippen LogP contribution in [0.2, 0.25) is 25.7 Å². The molecule has 2 heterocycles. The minimum atomic E-state index is -1.11. The molecular formula is C14H20BrN3O3Si. The van der Waals surface area contributed by atoms with Gasteiger partial charge in [-0.1, -0.05) is 19.6 Å². The van der Waals surface area contributed by atoms with E-state index in [9.17, 15) is 4.79 Å². The van der Waals surface area contributed by atoms with E-state index in [2.05, 4.69) is 45.7 Å². The molecule has 0 bridgehead atoms. The molecule has 0 aliphatic rings. The summed E-state index contributed by atoms with van der Waals surface area (Å²) in [6.07, 6.45) is 1.70. The zero-order chi connectivity index (χ0) is 16.3. The fourth-order valence-corrected chi connectivity index (χ4v) is 3.10. The first-order valence-electron chi connectivity index (χ1n) is 7.00. The molecule has 0 aromatic carbocycles. The fraction of sp³-hybridized carbons (Fsp3) is 0.500. The second-order valence-corrected chi connectivity index (χ2v) is 12.7. The molecule has 120 valence electrons. The third kappa shape index (κ3) is 4.14. The number of esters is 1. The summed E-state index contributed by atoms with van der Waals surface area (Å²) in [6, 6.07) is 2.90. The van der Waals surface area contributed by atoms with Gasteiger partial charge in [-0.05, 0) is 28.0 Å². The molecule has 8 heteroatoms. The van der Waals surface area contributed by atoms with Gasteiger partial charge in [0.2, 0.25) is 0 Å². The van der Waals surface area contributed by atoms with Crippen molar-refractivity contribution < 1.29 is 14.3 Å². The van der Waals surface area contributed by atoms with Crippen LogP contribution < -0.4 is 0 Å². The lowest BCUT2D eigenvalue weighted by atomic mass is 10.3. The summed E-state index contributed by atoms with van der Waals surface area (Å²) in [7, 11) is 0.224. The second-order valence-electron chi connectivity index (χ2n) is 6.22. The molecular weight excluding hydrogens is 366 g/mol. The predicted molar refractivity (Wildman–Crippen MR) is 90.7 cm³/mol. The highest BCUT2D eigenvalue weighted by atomic mass is 79.9. The highest BCUT2D eigenvalue weighted by molar-refractivity contribution is 9.10. The van der Waals surface area contributed by atoms with Crippen LogP contribution in [0, 0.1) is 0 Å². The topological polar surface area (TPSA) is 66.2 Å². The number of rotatable bonds is 6. The number of ether oxygens (including phenoxy) is 2. The molecule has 6 nitrogen and oxygen atoms in total. The maximum absolute atomic E-state index is 11.7. The van der Waals surface area contributed by atoms with E-state index >= 15 is 0 Å². The first kappa shape index (κ1) is 17.1. The molecule has 0 aliphatic carbocycles. The average Bonchev–Trinajstić information content (AvgIpc) is 2.83. The molecule has 22 heavy (non-hydrogen) atoms. The SMILES string of the molecule is COC(=O)c1nc2c(cnn2COCC[Si](C)(C)C)cc1Br. The molecule has 2 aromatic heterocycles. The van der Waals surface area contributed by atoms with Crippen molar-refractivity contribution >= 4 is 41.0 Å². The van der Waals surface area contributed by atoms with E-state index in [0.29, 0.717) is 23.5 Å². The van der Waals surface area contributed by atoms with E-state index in [1.807, 2.05) is 0 Å². The number of halogens is 1. The Kier molecular flexibility index (Phi) is 5.35. The Hall–Kier alpha value is -1.25. The third-order valence-electron chi connectivity index (χ3n) is 3.15. The predicted octanol–water partition coefficient (Wildman–Crippen LogP) is 3.29. The largest absolute Gasteiger partial charge is 0.464 e. The average molecular weight is 386 g/mol. The lowest BCUT2D eigenvalue weighted by Crippen LogP contribution is -2.22. The highest BCUT2D eigenvalue weighted by Crippen LogP contribution is 2.22. The number of hydrogen-bond acceptors (Lipinski definition) is 5. The van der Waals surface area contributed by atoms with E-state index in [4.69, 9.17) is 9.47 Å². The van der Waals surface area contributed by atoms with Gasteiger partial charge in [-0.15, -0.1) is 0 Å². The Morgan fingerprint density at radius 2 is 2.14 bits per heavy atom. The van der Waals surface area contributed by atoms with Crippen molar-refractivity contribution in [1.82, 2.24) is 14.8 Å². The minimum absolute atomic E-state index is 0.235. The van der Waals surface area contributed by atoms with E-state index < -0.39 is 14.0 Å². The maximum Gasteiger partial charge on any atom is 0.357 e. The van der Waals surface area contributed by atoms with Crippen molar-refractivity contribution in [3.05, 3.63) is 22.4 Å². The summed E-state index contributed by atoms with van der Waals surface area (Å²) >= 11 is 3.33. The summed E-state index contributed by atoms with van der Waals surface area (Å²) in [5.74, 6) is -0.485. The van der Waals surface area contributed by atoms with Crippen molar-refractivity contribution in [2.24, 2.45) is 0 Å². The molecule has 0 radical (unpaired) electrons. The van der Waals surface area contributed by atoms with Crippen molar-refractivity contribution in [3.63, 3.8) is 0 Å². The molecule has 0 saturated heterocycles. The zero-order valence-electron chi connectivity index (χ0n) is 13.2. The number of hydrogen-bond donors (Lipinski definition) is 0. The monoisotopic (exact) mass is 385 g/mol. The Labute approximate surface area is 138 Å². The van der Waals surface area contributed by atoms with Crippen LogP contribution in [0.5, 0.6) is 0 Å². The Morgan fingerprint density at radius 3 is 2.77 bits per heavy atom. The zero-order valence-corrected chi connectivity index (χ0v) is 15.8. The summed E-state index contributed by atoms with van der Waals surface area (Å²) in [5.41, 5.74) is 0.843. The fourth-order valence-electron chi connectivity index (χ4n) is 1.85. The van der Waals surface area contributed by atoms with Gasteiger partial charge in [0.25, 0.3) is 0 Å². The lowest BCUT2D eigenvalue weighted by molar-refractivity contribution is 0.0592. The number of aromatic nitrogens is 3. The molecule has 0 spiro atoms. The molecule has 0 atom stereocenters. The summed E-state index contributed by atoms with van der Waals surface area (Å²) < 4.78 is 12.7. The number of methoxy groups -OCH3 is 1.